The lowest BCUT2D eigenvalue weighted by atomic mass is 9.80. The maximum Gasteiger partial charge on any atom is 0.306 e. The van der Waals surface area contributed by atoms with Gasteiger partial charge in [0.25, 0.3) is 0 Å². The molecule has 214 valence electrons. The van der Waals surface area contributed by atoms with Crippen LogP contribution in [0.15, 0.2) is 12.2 Å². The Balaban J connectivity index is 4.16. The number of rotatable bonds is 29. The average Bonchev–Trinajstić information content (AvgIpc) is 2.87. The summed E-state index contributed by atoms with van der Waals surface area (Å²) in [6.45, 7) is 6.79. The van der Waals surface area contributed by atoms with Crippen LogP contribution in [0.2, 0.25) is 0 Å². The highest BCUT2D eigenvalue weighted by atomic mass is 16.4. The molecule has 2 nitrogen and oxygen atoms in total. The molecule has 0 aliphatic rings. The van der Waals surface area contributed by atoms with Gasteiger partial charge in [-0.1, -0.05) is 155 Å². The van der Waals surface area contributed by atoms with E-state index >= 15 is 0 Å². The van der Waals surface area contributed by atoms with Crippen LogP contribution in [0.1, 0.15) is 188 Å². The summed E-state index contributed by atoms with van der Waals surface area (Å²) >= 11 is 0. The van der Waals surface area contributed by atoms with Crippen LogP contribution in [0, 0.1) is 11.8 Å². The van der Waals surface area contributed by atoms with E-state index in [1.165, 1.54) is 141 Å². The third kappa shape index (κ3) is 23.6. The van der Waals surface area contributed by atoms with Crippen LogP contribution >= 0.6 is 0 Å². The Hall–Kier alpha value is -0.790. The van der Waals surface area contributed by atoms with Crippen molar-refractivity contribution in [3.8, 4) is 0 Å². The maximum absolute atomic E-state index is 12.2. The predicted octanol–water partition coefficient (Wildman–Crippen LogP) is 12.1. The van der Waals surface area contributed by atoms with E-state index in [0.717, 1.165) is 25.7 Å². The van der Waals surface area contributed by atoms with Crippen molar-refractivity contribution in [3.05, 3.63) is 12.2 Å². The molecule has 0 amide bonds. The Labute approximate surface area is 227 Å². The molecule has 2 heteroatoms. The minimum absolute atomic E-state index is 0.121. The van der Waals surface area contributed by atoms with Crippen LogP contribution in [0.25, 0.3) is 0 Å². The summed E-state index contributed by atoms with van der Waals surface area (Å²) in [6, 6.07) is 0. The molecule has 2 atom stereocenters. The molecule has 0 heterocycles. The quantitative estimate of drug-likeness (QED) is 0.0808. The Bertz CT molecular complexity index is 470. The maximum atomic E-state index is 12.2. The van der Waals surface area contributed by atoms with Crippen LogP contribution < -0.4 is 0 Å². The fraction of sp³-hybridized carbons (Fsp3) is 0.912. The number of allylic oxidation sites excluding steroid dienone is 2. The molecule has 0 spiro atoms. The molecule has 0 aromatic carbocycles. The summed E-state index contributed by atoms with van der Waals surface area (Å²) in [5.74, 6) is -0.264. The van der Waals surface area contributed by atoms with Gasteiger partial charge < -0.3 is 5.11 Å². The molecule has 0 bridgehead atoms. The molecule has 2 unspecified atom stereocenters. The molecule has 1 N–H and O–H groups in total. The fourth-order valence-electron chi connectivity index (χ4n) is 5.56. The van der Waals surface area contributed by atoms with Crippen molar-refractivity contribution >= 4 is 5.97 Å². The normalized spacial score (nSPS) is 13.4. The zero-order valence-electron chi connectivity index (χ0n) is 25.0. The van der Waals surface area contributed by atoms with Gasteiger partial charge in [0.2, 0.25) is 0 Å². The van der Waals surface area contributed by atoms with Crippen LogP contribution in [0.4, 0.5) is 0 Å². The molecule has 0 aromatic rings. The topological polar surface area (TPSA) is 37.3 Å². The first kappa shape index (κ1) is 35.2. The monoisotopic (exact) mass is 507 g/mol. The van der Waals surface area contributed by atoms with E-state index in [1.54, 1.807) is 0 Å². The average molecular weight is 507 g/mol. The summed E-state index contributed by atoms with van der Waals surface area (Å²) in [4.78, 5) is 12.2. The lowest BCUT2D eigenvalue weighted by Gasteiger charge is -2.24. The van der Waals surface area contributed by atoms with Gasteiger partial charge in [0.1, 0.15) is 0 Å². The van der Waals surface area contributed by atoms with Crippen molar-refractivity contribution in [3.63, 3.8) is 0 Å². The molecular formula is C34H66O2. The highest BCUT2D eigenvalue weighted by Gasteiger charge is 2.26. The number of carboxylic acid groups (broad SMARTS) is 1. The van der Waals surface area contributed by atoms with Gasteiger partial charge in [0, 0.05) is 0 Å². The summed E-state index contributed by atoms with van der Waals surface area (Å²) in [6.07, 6.45) is 37.6. The second kappa shape index (κ2) is 28.8. The zero-order valence-corrected chi connectivity index (χ0v) is 25.0. The number of hydrogen-bond acceptors (Lipinski definition) is 1. The van der Waals surface area contributed by atoms with Crippen molar-refractivity contribution in [2.24, 2.45) is 11.8 Å². The molecule has 0 rings (SSSR count). The highest BCUT2D eigenvalue weighted by molar-refractivity contribution is 5.70. The van der Waals surface area contributed by atoms with Gasteiger partial charge in [-0.3, -0.25) is 4.79 Å². The Morgan fingerprint density at radius 2 is 0.833 bits per heavy atom. The van der Waals surface area contributed by atoms with Gasteiger partial charge in [-0.2, -0.15) is 0 Å². The van der Waals surface area contributed by atoms with E-state index in [-0.39, 0.29) is 5.92 Å². The highest BCUT2D eigenvalue weighted by Crippen LogP contribution is 2.30. The molecule has 0 aromatic heterocycles. The van der Waals surface area contributed by atoms with Crippen LogP contribution in [0.5, 0.6) is 0 Å². The molecule has 36 heavy (non-hydrogen) atoms. The second-order valence-corrected chi connectivity index (χ2v) is 11.5. The summed E-state index contributed by atoms with van der Waals surface area (Å²) in [5, 5.41) is 10.0. The third-order valence-corrected chi connectivity index (χ3v) is 8.02. The van der Waals surface area contributed by atoms with Crippen molar-refractivity contribution in [1.29, 1.82) is 0 Å². The lowest BCUT2D eigenvalue weighted by Crippen LogP contribution is -2.24. The molecule has 0 aliphatic carbocycles. The number of aliphatic carboxylic acids is 1. The Morgan fingerprint density at radius 1 is 0.500 bits per heavy atom. The smallest absolute Gasteiger partial charge is 0.306 e. The van der Waals surface area contributed by atoms with Crippen LogP contribution in [0.3, 0.4) is 0 Å². The van der Waals surface area contributed by atoms with Crippen molar-refractivity contribution < 1.29 is 9.90 Å². The zero-order chi connectivity index (χ0) is 26.5. The van der Waals surface area contributed by atoms with Gasteiger partial charge >= 0.3 is 5.97 Å². The van der Waals surface area contributed by atoms with E-state index < -0.39 is 5.97 Å². The van der Waals surface area contributed by atoms with E-state index in [4.69, 9.17) is 0 Å². The van der Waals surface area contributed by atoms with Gasteiger partial charge in [0.05, 0.1) is 5.92 Å². The number of hydrogen-bond donors (Lipinski definition) is 1. The first-order valence-corrected chi connectivity index (χ1v) is 16.5. The first-order chi connectivity index (χ1) is 17.7. The van der Waals surface area contributed by atoms with Gasteiger partial charge in [-0.15, -0.1) is 0 Å². The van der Waals surface area contributed by atoms with E-state index in [0.29, 0.717) is 5.92 Å². The van der Waals surface area contributed by atoms with Gasteiger partial charge in [-0.05, 0) is 50.9 Å². The largest absolute Gasteiger partial charge is 0.481 e. The molecule has 0 saturated heterocycles. The Morgan fingerprint density at radius 3 is 1.25 bits per heavy atom. The summed E-state index contributed by atoms with van der Waals surface area (Å²) < 4.78 is 0. The van der Waals surface area contributed by atoms with Crippen molar-refractivity contribution in [1.82, 2.24) is 0 Å². The molecule has 0 aliphatic heterocycles. The molecule has 0 radical (unpaired) electrons. The van der Waals surface area contributed by atoms with E-state index in [1.807, 2.05) is 0 Å². The number of carbonyl (C=O) groups is 1. The summed E-state index contributed by atoms with van der Waals surface area (Å²) in [5.41, 5.74) is 0. The molecular weight excluding hydrogens is 440 g/mol. The number of carboxylic acids is 1. The predicted molar refractivity (Wildman–Crippen MR) is 161 cm³/mol. The first-order valence-electron chi connectivity index (χ1n) is 16.5. The van der Waals surface area contributed by atoms with Crippen LogP contribution in [-0.2, 0) is 4.79 Å². The lowest BCUT2D eigenvalue weighted by molar-refractivity contribution is -0.144. The van der Waals surface area contributed by atoms with E-state index in [9.17, 15) is 9.90 Å². The van der Waals surface area contributed by atoms with Gasteiger partial charge in [0.15, 0.2) is 0 Å². The fourth-order valence-corrected chi connectivity index (χ4v) is 5.56. The molecule has 0 saturated carbocycles. The number of unbranched alkanes of at least 4 members (excludes halogenated alkanes) is 19. The van der Waals surface area contributed by atoms with Crippen molar-refractivity contribution in [2.75, 3.05) is 0 Å². The molecule has 0 fully saturated rings. The minimum Gasteiger partial charge on any atom is -0.481 e. The van der Waals surface area contributed by atoms with Gasteiger partial charge in [-0.25, -0.2) is 0 Å². The third-order valence-electron chi connectivity index (χ3n) is 8.02. The summed E-state index contributed by atoms with van der Waals surface area (Å²) in [7, 11) is 0. The van der Waals surface area contributed by atoms with Crippen LogP contribution in [-0.4, -0.2) is 11.1 Å². The van der Waals surface area contributed by atoms with E-state index in [2.05, 4.69) is 32.9 Å². The standard InChI is InChI=1S/C34H66O2/c1-4-7-10-13-15-16-17-18-19-20-21-23-25-28-31-33(34(35)36)32(29-26-12-9-6-3)30-27-24-22-14-11-8-5-2/h18-19,32-33H,4-17,20-31H2,1-3H3,(H,35,36)/b19-18-. The SMILES string of the molecule is CCCCCCCC/C=C\CCCCCCC(C(=O)O)C(CCCCCC)CCCCCCCCC. The minimum atomic E-state index is -0.531. The Kier molecular flexibility index (Phi) is 28.1. The second-order valence-electron chi connectivity index (χ2n) is 11.5. The van der Waals surface area contributed by atoms with Crippen molar-refractivity contribution in [2.45, 2.75) is 188 Å².